The lowest BCUT2D eigenvalue weighted by Crippen LogP contribution is -2.32. The second-order valence-corrected chi connectivity index (χ2v) is 11.0. The minimum Gasteiger partial charge on any atom is -0.493 e. The van der Waals surface area contributed by atoms with E-state index in [-0.39, 0.29) is 34.9 Å². The minimum atomic E-state index is -1.16. The van der Waals surface area contributed by atoms with Gasteiger partial charge in [-0.3, -0.25) is 4.79 Å². The third-order valence-electron chi connectivity index (χ3n) is 7.62. The summed E-state index contributed by atoms with van der Waals surface area (Å²) in [6.07, 6.45) is 5.54. The maximum Gasteiger partial charge on any atom is 0.303 e. The molecule has 0 saturated heterocycles. The van der Waals surface area contributed by atoms with Gasteiger partial charge in [-0.2, -0.15) is 4.39 Å². The molecule has 6 rings (SSSR count). The molecule has 0 spiro atoms. The quantitative estimate of drug-likeness (QED) is 0.177. The molecule has 1 aliphatic heterocycles. The van der Waals surface area contributed by atoms with Gasteiger partial charge >= 0.3 is 5.97 Å². The molecule has 3 aromatic carbocycles. The zero-order valence-corrected chi connectivity index (χ0v) is 23.4. The number of ether oxygens (including phenoxy) is 2. The lowest BCUT2D eigenvalue weighted by molar-refractivity contribution is -0.136. The molecule has 2 N–H and O–H groups in total. The summed E-state index contributed by atoms with van der Waals surface area (Å²) in [6.45, 7) is 2.35. The molecule has 42 heavy (non-hydrogen) atoms. The number of halogens is 3. The van der Waals surface area contributed by atoms with E-state index in [1.165, 1.54) is 36.4 Å². The number of benzene rings is 3. The fraction of sp³-hybridized carbons (Fsp3) is 0.226. The highest BCUT2D eigenvalue weighted by molar-refractivity contribution is 7.99. The molecule has 0 saturated carbocycles. The van der Waals surface area contributed by atoms with Crippen molar-refractivity contribution >= 4 is 28.6 Å². The SMILES string of the molecule is CSc1c(Oc2ccc(F)c(-c3nc(C4(C)CCOc5c(CCC(=O)O)cccc54)co3)c2)c(F)c(F)c2[nH]ccc12. The van der Waals surface area contributed by atoms with Gasteiger partial charge in [-0.1, -0.05) is 18.2 Å². The van der Waals surface area contributed by atoms with E-state index in [4.69, 9.17) is 19.0 Å². The number of H-pyrrole nitrogens is 1. The highest BCUT2D eigenvalue weighted by atomic mass is 32.2. The van der Waals surface area contributed by atoms with Crippen LogP contribution < -0.4 is 9.47 Å². The number of aliphatic carboxylic acids is 1. The lowest BCUT2D eigenvalue weighted by atomic mass is 9.74. The summed E-state index contributed by atoms with van der Waals surface area (Å²) in [6, 6.07) is 11.0. The number of fused-ring (bicyclic) bond motifs is 2. The summed E-state index contributed by atoms with van der Waals surface area (Å²) >= 11 is 1.20. The smallest absolute Gasteiger partial charge is 0.303 e. The Morgan fingerprint density at radius 2 is 2.02 bits per heavy atom. The van der Waals surface area contributed by atoms with E-state index in [9.17, 15) is 9.18 Å². The molecule has 0 radical (unpaired) electrons. The van der Waals surface area contributed by atoms with Gasteiger partial charge in [-0.25, -0.2) is 13.8 Å². The number of rotatable bonds is 8. The van der Waals surface area contributed by atoms with Crippen molar-refractivity contribution in [2.45, 2.75) is 36.5 Å². The zero-order valence-electron chi connectivity index (χ0n) is 22.6. The van der Waals surface area contributed by atoms with Crippen molar-refractivity contribution in [3.63, 3.8) is 0 Å². The predicted molar refractivity (Wildman–Crippen MR) is 151 cm³/mol. The van der Waals surface area contributed by atoms with Crippen LogP contribution in [0.3, 0.4) is 0 Å². The molecule has 5 aromatic rings. The molecule has 1 unspecified atom stereocenters. The Morgan fingerprint density at radius 1 is 1.19 bits per heavy atom. The van der Waals surface area contributed by atoms with Gasteiger partial charge in [0.15, 0.2) is 11.6 Å². The van der Waals surface area contributed by atoms with Gasteiger partial charge in [0.2, 0.25) is 11.7 Å². The van der Waals surface area contributed by atoms with E-state index in [0.717, 1.165) is 17.2 Å². The third-order valence-corrected chi connectivity index (χ3v) is 8.43. The first-order chi connectivity index (χ1) is 20.2. The van der Waals surface area contributed by atoms with Crippen molar-refractivity contribution in [2.24, 2.45) is 0 Å². The minimum absolute atomic E-state index is 0.0120. The van der Waals surface area contributed by atoms with Crippen LogP contribution in [-0.2, 0) is 16.6 Å². The van der Waals surface area contributed by atoms with Crippen LogP contribution in [0.5, 0.6) is 17.2 Å². The topological polar surface area (TPSA) is 97.6 Å². The molecule has 2 aromatic heterocycles. The number of aromatic amines is 1. The highest BCUT2D eigenvalue weighted by Gasteiger charge is 2.39. The number of nitrogens with zero attached hydrogens (tertiary/aromatic N) is 1. The Hall–Kier alpha value is -4.38. The predicted octanol–water partition coefficient (Wildman–Crippen LogP) is 7.86. The van der Waals surface area contributed by atoms with E-state index in [2.05, 4.69) is 9.97 Å². The molecular formula is C31H25F3N2O5S. The number of carboxylic acid groups (broad SMARTS) is 1. The van der Waals surface area contributed by atoms with Gasteiger partial charge in [0.25, 0.3) is 0 Å². The number of carbonyl (C=O) groups is 1. The van der Waals surface area contributed by atoms with Crippen molar-refractivity contribution in [1.82, 2.24) is 9.97 Å². The molecule has 1 aliphatic rings. The Morgan fingerprint density at radius 3 is 2.81 bits per heavy atom. The van der Waals surface area contributed by atoms with E-state index in [1.807, 2.05) is 25.1 Å². The number of nitrogens with one attached hydrogen (secondary N) is 1. The number of thioether (sulfide) groups is 1. The van der Waals surface area contributed by atoms with E-state index < -0.39 is 28.8 Å². The average Bonchev–Trinajstić information content (AvgIpc) is 3.67. The molecule has 3 heterocycles. The summed E-state index contributed by atoms with van der Waals surface area (Å²) in [5.74, 6) is -3.39. The van der Waals surface area contributed by atoms with E-state index in [1.54, 1.807) is 12.3 Å². The Labute approximate surface area is 242 Å². The number of oxazole rings is 1. The third kappa shape index (κ3) is 4.67. The number of aryl methyl sites for hydroxylation is 1. The number of para-hydroxylation sites is 1. The van der Waals surface area contributed by atoms with Crippen molar-refractivity contribution in [3.05, 3.63) is 89.2 Å². The van der Waals surface area contributed by atoms with Crippen LogP contribution in [0.15, 0.2) is 64.2 Å². The summed E-state index contributed by atoms with van der Waals surface area (Å²) in [5.41, 5.74) is 1.52. The molecular weight excluding hydrogens is 569 g/mol. The monoisotopic (exact) mass is 594 g/mol. The maximum absolute atomic E-state index is 15.1. The first kappa shape index (κ1) is 27.8. The van der Waals surface area contributed by atoms with Gasteiger partial charge in [0.05, 0.1) is 28.3 Å². The van der Waals surface area contributed by atoms with Crippen molar-refractivity contribution in [2.75, 3.05) is 12.9 Å². The fourth-order valence-corrected chi connectivity index (χ4v) is 6.06. The lowest BCUT2D eigenvalue weighted by Gasteiger charge is -2.35. The second-order valence-electron chi connectivity index (χ2n) is 10.2. The fourth-order valence-electron chi connectivity index (χ4n) is 5.35. The van der Waals surface area contributed by atoms with Crippen LogP contribution in [0.25, 0.3) is 22.4 Å². The number of carboxylic acids is 1. The second kappa shape index (κ2) is 10.8. The number of hydrogen-bond donors (Lipinski definition) is 2. The van der Waals surface area contributed by atoms with E-state index >= 15 is 8.78 Å². The van der Waals surface area contributed by atoms with Gasteiger partial charge in [-0.15, -0.1) is 11.8 Å². The van der Waals surface area contributed by atoms with Crippen molar-refractivity contribution in [1.29, 1.82) is 0 Å². The van der Waals surface area contributed by atoms with Gasteiger partial charge < -0.3 is 24.0 Å². The first-order valence-electron chi connectivity index (χ1n) is 13.1. The van der Waals surface area contributed by atoms with Crippen LogP contribution in [0, 0.1) is 17.5 Å². The molecule has 11 heteroatoms. The average molecular weight is 595 g/mol. The summed E-state index contributed by atoms with van der Waals surface area (Å²) < 4.78 is 62.4. The molecule has 1 atom stereocenters. The van der Waals surface area contributed by atoms with Crippen LogP contribution in [0.2, 0.25) is 0 Å². The van der Waals surface area contributed by atoms with Crippen LogP contribution in [0.1, 0.15) is 36.6 Å². The van der Waals surface area contributed by atoms with Crippen LogP contribution >= 0.6 is 11.8 Å². The standard InChI is InChI=1S/C31H25F3N2O5S/c1-31(11-13-39-27-16(6-9-23(37)38)4-3-5-20(27)31)22-15-40-30(36-22)19-14-17(7-8-21(19)32)41-28-25(34)24(33)26-18(10-12-35-26)29(28)42-2/h3-5,7-8,10,12,14-15,35H,6,9,11,13H2,1-2H3,(H,37,38). The van der Waals surface area contributed by atoms with Crippen molar-refractivity contribution < 1.29 is 37.0 Å². The normalized spacial score (nSPS) is 16.3. The summed E-state index contributed by atoms with van der Waals surface area (Å²) in [5, 5.41) is 9.60. The molecule has 7 nitrogen and oxygen atoms in total. The molecule has 0 bridgehead atoms. The molecule has 0 fully saturated rings. The highest BCUT2D eigenvalue weighted by Crippen LogP contribution is 2.46. The summed E-state index contributed by atoms with van der Waals surface area (Å²) in [4.78, 5) is 18.9. The zero-order chi connectivity index (χ0) is 29.6. The first-order valence-corrected chi connectivity index (χ1v) is 14.4. The largest absolute Gasteiger partial charge is 0.493 e. The van der Waals surface area contributed by atoms with E-state index in [0.29, 0.717) is 41.2 Å². The Balaban J connectivity index is 1.35. The number of hydrogen-bond acceptors (Lipinski definition) is 6. The van der Waals surface area contributed by atoms with Crippen molar-refractivity contribution in [3.8, 4) is 28.7 Å². The van der Waals surface area contributed by atoms with Gasteiger partial charge in [0.1, 0.15) is 23.6 Å². The Bertz CT molecular complexity index is 1840. The number of aromatic nitrogens is 2. The molecule has 0 aliphatic carbocycles. The molecule has 216 valence electrons. The Kier molecular flexibility index (Phi) is 7.14. The van der Waals surface area contributed by atoms with Crippen LogP contribution in [-0.4, -0.2) is 33.9 Å². The van der Waals surface area contributed by atoms with Gasteiger partial charge in [0, 0.05) is 29.0 Å². The van der Waals surface area contributed by atoms with Gasteiger partial charge in [-0.05, 0) is 55.9 Å². The molecule has 0 amide bonds. The maximum atomic E-state index is 15.1. The van der Waals surface area contributed by atoms with Crippen LogP contribution in [0.4, 0.5) is 13.2 Å². The summed E-state index contributed by atoms with van der Waals surface area (Å²) in [7, 11) is 0.